The summed E-state index contributed by atoms with van der Waals surface area (Å²) in [5, 5.41) is 8.54. The quantitative estimate of drug-likeness (QED) is 0.402. The van der Waals surface area contributed by atoms with Crippen LogP contribution in [0.1, 0.15) is 58.9 Å². The van der Waals surface area contributed by atoms with E-state index in [-0.39, 0.29) is 23.1 Å². The molecule has 0 atom stereocenters. The highest BCUT2D eigenvalue weighted by Gasteiger charge is 2.28. The lowest BCUT2D eigenvalue weighted by Crippen LogP contribution is -2.23. The molecular formula is C26H29N5O3S. The predicted octanol–water partition coefficient (Wildman–Crippen LogP) is 3.96. The van der Waals surface area contributed by atoms with Crippen molar-refractivity contribution in [3.05, 3.63) is 77.0 Å². The molecule has 0 unspecified atom stereocenters. The first kappa shape index (κ1) is 23.3. The summed E-state index contributed by atoms with van der Waals surface area (Å²) in [6.45, 7) is 6.58. The number of benzene rings is 1. The summed E-state index contributed by atoms with van der Waals surface area (Å²) in [5.41, 5.74) is 5.64. The minimum Gasteiger partial charge on any atom is -0.346 e. The van der Waals surface area contributed by atoms with Crippen molar-refractivity contribution < 1.29 is 13.2 Å². The van der Waals surface area contributed by atoms with E-state index >= 15 is 0 Å². The van der Waals surface area contributed by atoms with Crippen molar-refractivity contribution in [1.82, 2.24) is 24.6 Å². The third-order valence-electron chi connectivity index (χ3n) is 6.47. The van der Waals surface area contributed by atoms with Crippen LogP contribution in [-0.4, -0.2) is 39.4 Å². The average molecular weight is 492 g/mol. The molecule has 0 aliphatic heterocycles. The number of rotatable bonds is 8. The van der Waals surface area contributed by atoms with Crippen molar-refractivity contribution in [3.63, 3.8) is 0 Å². The van der Waals surface area contributed by atoms with E-state index in [2.05, 4.69) is 39.0 Å². The Morgan fingerprint density at radius 1 is 1.11 bits per heavy atom. The zero-order chi connectivity index (χ0) is 24.7. The predicted molar refractivity (Wildman–Crippen MR) is 134 cm³/mol. The first-order chi connectivity index (χ1) is 16.7. The van der Waals surface area contributed by atoms with E-state index in [0.717, 1.165) is 22.3 Å². The lowest BCUT2D eigenvalue weighted by Gasteiger charge is -2.11. The van der Waals surface area contributed by atoms with Crippen molar-refractivity contribution >= 4 is 26.6 Å². The number of hydrogen-bond donors (Lipinski definition) is 1. The third kappa shape index (κ3) is 4.73. The van der Waals surface area contributed by atoms with Crippen LogP contribution in [0.4, 0.5) is 0 Å². The SMILES string of the molecule is CCS(=O)(=O)c1ccc(CNC(=O)c2ccc3c(c2)cc(Cn2nc(C)cc2C)n3C2CC2)nc1. The summed E-state index contributed by atoms with van der Waals surface area (Å²) < 4.78 is 28.3. The Hall–Kier alpha value is -3.46. The van der Waals surface area contributed by atoms with Gasteiger partial charge in [-0.05, 0) is 69.2 Å². The maximum Gasteiger partial charge on any atom is 0.251 e. The molecule has 8 nitrogen and oxygen atoms in total. The van der Waals surface area contributed by atoms with Crippen molar-refractivity contribution in [2.75, 3.05) is 5.75 Å². The minimum atomic E-state index is -3.29. The molecule has 5 rings (SSSR count). The number of aromatic nitrogens is 4. The molecule has 1 aliphatic carbocycles. The zero-order valence-corrected chi connectivity index (χ0v) is 21.0. The summed E-state index contributed by atoms with van der Waals surface area (Å²) in [7, 11) is -3.29. The number of pyridine rings is 1. The van der Waals surface area contributed by atoms with Crippen LogP contribution < -0.4 is 5.32 Å². The Bertz CT molecular complexity index is 1510. The van der Waals surface area contributed by atoms with Crippen molar-refractivity contribution in [1.29, 1.82) is 0 Å². The Morgan fingerprint density at radius 2 is 1.91 bits per heavy atom. The summed E-state index contributed by atoms with van der Waals surface area (Å²) in [4.78, 5) is 17.2. The number of fused-ring (bicyclic) bond motifs is 1. The van der Waals surface area contributed by atoms with Gasteiger partial charge >= 0.3 is 0 Å². The summed E-state index contributed by atoms with van der Waals surface area (Å²) in [5.74, 6) is -0.170. The second-order valence-electron chi connectivity index (χ2n) is 9.17. The number of nitrogens with zero attached hydrogens (tertiary/aromatic N) is 4. The molecule has 3 heterocycles. The van der Waals surface area contributed by atoms with Gasteiger partial charge in [-0.15, -0.1) is 0 Å². The fraction of sp³-hybridized carbons (Fsp3) is 0.346. The van der Waals surface area contributed by atoms with E-state index in [9.17, 15) is 13.2 Å². The van der Waals surface area contributed by atoms with Gasteiger partial charge < -0.3 is 9.88 Å². The first-order valence-electron chi connectivity index (χ1n) is 11.9. The lowest BCUT2D eigenvalue weighted by molar-refractivity contribution is 0.0950. The summed E-state index contributed by atoms with van der Waals surface area (Å²) in [6.07, 6.45) is 3.68. The van der Waals surface area contributed by atoms with Gasteiger partial charge in [0.2, 0.25) is 0 Å². The second kappa shape index (κ2) is 8.96. The number of sulfone groups is 1. The molecule has 182 valence electrons. The van der Waals surface area contributed by atoms with Gasteiger partial charge in [-0.2, -0.15) is 5.10 Å². The van der Waals surface area contributed by atoms with Gasteiger partial charge in [-0.1, -0.05) is 6.92 Å². The van der Waals surface area contributed by atoms with Gasteiger partial charge in [0.25, 0.3) is 5.91 Å². The molecule has 1 saturated carbocycles. The molecule has 1 N–H and O–H groups in total. The van der Waals surface area contributed by atoms with Crippen LogP contribution in [0.2, 0.25) is 0 Å². The van der Waals surface area contributed by atoms with Gasteiger partial charge in [0.05, 0.1) is 35.1 Å². The van der Waals surface area contributed by atoms with Crippen LogP contribution >= 0.6 is 0 Å². The van der Waals surface area contributed by atoms with Gasteiger partial charge in [0.1, 0.15) is 0 Å². The molecule has 0 saturated heterocycles. The number of amides is 1. The summed E-state index contributed by atoms with van der Waals surface area (Å²) in [6, 6.07) is 13.7. The monoisotopic (exact) mass is 491 g/mol. The van der Waals surface area contributed by atoms with E-state index in [4.69, 9.17) is 0 Å². The zero-order valence-electron chi connectivity index (χ0n) is 20.2. The fourth-order valence-electron chi connectivity index (χ4n) is 4.45. The highest BCUT2D eigenvalue weighted by Crippen LogP contribution is 2.40. The molecule has 9 heteroatoms. The number of nitrogens with one attached hydrogen (secondary N) is 1. The Kier molecular flexibility index (Phi) is 5.96. The number of carbonyl (C=O) groups excluding carboxylic acids is 1. The molecule has 3 aromatic heterocycles. The fourth-order valence-corrected chi connectivity index (χ4v) is 5.27. The normalized spacial score (nSPS) is 13.9. The molecule has 0 spiro atoms. The smallest absolute Gasteiger partial charge is 0.251 e. The Morgan fingerprint density at radius 3 is 2.54 bits per heavy atom. The molecule has 0 bridgehead atoms. The van der Waals surface area contributed by atoms with Crippen molar-refractivity contribution in [2.24, 2.45) is 0 Å². The van der Waals surface area contributed by atoms with E-state index in [1.54, 1.807) is 13.0 Å². The van der Waals surface area contributed by atoms with Crippen LogP contribution in [0.15, 0.2) is 53.6 Å². The molecule has 35 heavy (non-hydrogen) atoms. The van der Waals surface area contributed by atoms with E-state index in [1.807, 2.05) is 29.8 Å². The van der Waals surface area contributed by atoms with Crippen LogP contribution in [0.3, 0.4) is 0 Å². The van der Waals surface area contributed by atoms with Crippen LogP contribution in [0.25, 0.3) is 10.9 Å². The number of hydrogen-bond acceptors (Lipinski definition) is 5. The van der Waals surface area contributed by atoms with E-state index < -0.39 is 9.84 Å². The average Bonchev–Trinajstić information content (AvgIpc) is 3.54. The maximum absolute atomic E-state index is 12.9. The molecular weight excluding hydrogens is 462 g/mol. The molecule has 0 radical (unpaired) electrons. The highest BCUT2D eigenvalue weighted by molar-refractivity contribution is 7.91. The maximum atomic E-state index is 12.9. The van der Waals surface area contributed by atoms with E-state index in [0.29, 0.717) is 23.8 Å². The standard InChI is InChI=1S/C26H29N5O3S/c1-4-35(33,34)24-9-6-21(27-15-24)14-28-26(32)19-5-10-25-20(12-19)13-23(31(25)22-7-8-22)16-30-18(3)11-17(2)29-30/h5-6,9-13,15,22H,4,7-8,14,16H2,1-3H3,(H,28,32). The van der Waals surface area contributed by atoms with Gasteiger partial charge in [-0.3, -0.25) is 14.5 Å². The third-order valence-corrected chi connectivity index (χ3v) is 8.19. The van der Waals surface area contributed by atoms with Crippen molar-refractivity contribution in [3.8, 4) is 0 Å². The molecule has 4 aromatic rings. The molecule has 1 aliphatic rings. The highest BCUT2D eigenvalue weighted by atomic mass is 32.2. The minimum absolute atomic E-state index is 0.0264. The molecule has 1 amide bonds. The topological polar surface area (TPSA) is 98.9 Å². The van der Waals surface area contributed by atoms with E-state index in [1.165, 1.54) is 30.8 Å². The number of aryl methyl sites for hydroxylation is 2. The number of carbonyl (C=O) groups is 1. The van der Waals surface area contributed by atoms with Crippen molar-refractivity contribution in [2.45, 2.75) is 57.6 Å². The van der Waals surface area contributed by atoms with Gasteiger partial charge in [0.15, 0.2) is 9.84 Å². The van der Waals surface area contributed by atoms with Crippen LogP contribution in [0.5, 0.6) is 0 Å². The second-order valence-corrected chi connectivity index (χ2v) is 11.4. The summed E-state index contributed by atoms with van der Waals surface area (Å²) >= 11 is 0. The first-order valence-corrected chi connectivity index (χ1v) is 13.5. The Balaban J connectivity index is 1.34. The van der Waals surface area contributed by atoms with Crippen LogP contribution in [0, 0.1) is 13.8 Å². The largest absolute Gasteiger partial charge is 0.346 e. The van der Waals surface area contributed by atoms with Crippen LogP contribution in [-0.2, 0) is 22.9 Å². The lowest BCUT2D eigenvalue weighted by atomic mass is 10.1. The Labute approximate surface area is 204 Å². The van der Waals surface area contributed by atoms with Gasteiger partial charge in [0, 0.05) is 40.1 Å². The molecule has 1 aromatic carbocycles. The molecule has 1 fully saturated rings. The van der Waals surface area contributed by atoms with Gasteiger partial charge in [-0.25, -0.2) is 8.42 Å².